The van der Waals surface area contributed by atoms with Gasteiger partial charge in [-0.2, -0.15) is 0 Å². The van der Waals surface area contributed by atoms with Crippen LogP contribution in [-0.4, -0.2) is 41.6 Å². The molecule has 6 nitrogen and oxygen atoms in total. The summed E-state index contributed by atoms with van der Waals surface area (Å²) in [5.74, 6) is 0. The average Bonchev–Trinajstić information content (AvgIpc) is 2.79. The average molecular weight is 379 g/mol. The number of carbonyl (C=O) groups is 1. The van der Waals surface area contributed by atoms with E-state index >= 15 is 0 Å². The van der Waals surface area contributed by atoms with Crippen LogP contribution in [0.5, 0.6) is 0 Å². The number of allylic oxidation sites excluding steroid dienone is 3. The van der Waals surface area contributed by atoms with E-state index in [1.54, 1.807) is 6.92 Å². The lowest BCUT2D eigenvalue weighted by molar-refractivity contribution is 0.158. The number of hydrogen-bond donors (Lipinski definition) is 1. The molecule has 1 N–H and O–H groups in total. The number of aliphatic imine (C=N–C) groups is 1. The van der Waals surface area contributed by atoms with Gasteiger partial charge in [0.05, 0.1) is 26.2 Å². The maximum Gasteiger partial charge on any atom is 0.412 e. The van der Waals surface area contributed by atoms with E-state index in [4.69, 9.17) is 28.6 Å². The number of halogens is 1. The number of hydrogen-bond acceptors (Lipinski definition) is 5. The number of amides is 1. The van der Waals surface area contributed by atoms with Crippen LogP contribution in [0, 0.1) is 0 Å². The number of carbonyl (C=O) groups excluding carboxylic acids is 1. The fraction of sp³-hybridized carbons (Fsp3) is 0.294. The summed E-state index contributed by atoms with van der Waals surface area (Å²) in [6.07, 6.45) is 6.96. The molecule has 0 aromatic carbocycles. The molecule has 0 spiro atoms. The summed E-state index contributed by atoms with van der Waals surface area (Å²) in [4.78, 5) is 20.4. The Bertz CT molecular complexity index is 796. The first-order valence-corrected chi connectivity index (χ1v) is 8.54. The number of alkyl carbamates (subject to hydrolysis) is 1. The van der Waals surface area contributed by atoms with Crippen molar-refractivity contribution in [3.63, 3.8) is 0 Å². The normalized spacial score (nSPS) is 14.4. The minimum Gasteiger partial charge on any atom is -0.450 e. The van der Waals surface area contributed by atoms with Crippen LogP contribution >= 0.6 is 23.8 Å². The molecular formula is C17H19ClN4O2S. The standard InChI is InChI=1S/C17H19ClN4O2S/c1-2-24-17(23)21-16(25)11-20-15-5-3-4-8-22(15)12-13-6-7-14(18)10-19-9-13/h3-9H,2,10-12H2,1H3,(H,21,23,25). The van der Waals surface area contributed by atoms with Gasteiger partial charge in [-0.1, -0.05) is 36.0 Å². The second-order valence-corrected chi connectivity index (χ2v) is 6.07. The Morgan fingerprint density at radius 3 is 3.12 bits per heavy atom. The fourth-order valence-corrected chi connectivity index (χ4v) is 2.33. The largest absolute Gasteiger partial charge is 0.450 e. The third kappa shape index (κ3) is 6.64. The van der Waals surface area contributed by atoms with Crippen molar-refractivity contribution >= 4 is 41.1 Å². The van der Waals surface area contributed by atoms with Gasteiger partial charge < -0.3 is 9.30 Å². The van der Waals surface area contributed by atoms with E-state index in [1.165, 1.54) is 0 Å². The molecule has 1 aliphatic heterocycles. The van der Waals surface area contributed by atoms with Crippen LogP contribution in [-0.2, 0) is 11.3 Å². The minimum absolute atomic E-state index is 0.191. The van der Waals surface area contributed by atoms with Gasteiger partial charge in [-0.25, -0.2) is 4.79 Å². The first-order valence-electron chi connectivity index (χ1n) is 7.76. The molecule has 25 heavy (non-hydrogen) atoms. The maximum absolute atomic E-state index is 11.3. The first kappa shape index (κ1) is 19.1. The van der Waals surface area contributed by atoms with Crippen LogP contribution in [0.15, 0.2) is 57.1 Å². The van der Waals surface area contributed by atoms with Crippen molar-refractivity contribution in [2.24, 2.45) is 9.98 Å². The Morgan fingerprint density at radius 2 is 2.32 bits per heavy atom. The van der Waals surface area contributed by atoms with Crippen LogP contribution in [0.3, 0.4) is 0 Å². The molecule has 1 aliphatic rings. The van der Waals surface area contributed by atoms with Gasteiger partial charge in [0.2, 0.25) is 0 Å². The highest BCUT2D eigenvalue weighted by Crippen LogP contribution is 2.08. The number of nitrogens with zero attached hydrogens (tertiary/aromatic N) is 3. The Kier molecular flexibility index (Phi) is 7.56. The van der Waals surface area contributed by atoms with Crippen molar-refractivity contribution in [3.05, 3.63) is 52.6 Å². The summed E-state index contributed by atoms with van der Waals surface area (Å²) in [5.41, 5.74) is 1.75. The zero-order valence-corrected chi connectivity index (χ0v) is 15.4. The molecule has 1 aromatic heterocycles. The van der Waals surface area contributed by atoms with E-state index < -0.39 is 6.09 Å². The van der Waals surface area contributed by atoms with E-state index in [-0.39, 0.29) is 6.54 Å². The molecule has 2 rings (SSSR count). The summed E-state index contributed by atoms with van der Waals surface area (Å²) < 4.78 is 6.76. The highest BCUT2D eigenvalue weighted by molar-refractivity contribution is 7.80. The maximum atomic E-state index is 11.3. The summed E-state index contributed by atoms with van der Waals surface area (Å²) >= 11 is 11.1. The van der Waals surface area contributed by atoms with Crippen molar-refractivity contribution < 1.29 is 9.53 Å². The minimum atomic E-state index is -0.563. The molecule has 0 fully saturated rings. The molecule has 0 aliphatic carbocycles. The van der Waals surface area contributed by atoms with Crippen LogP contribution in [0.1, 0.15) is 6.92 Å². The second kappa shape index (κ2) is 9.90. The lowest BCUT2D eigenvalue weighted by Crippen LogP contribution is -2.32. The predicted molar refractivity (Wildman–Crippen MR) is 103 cm³/mol. The molecule has 1 aromatic rings. The van der Waals surface area contributed by atoms with Gasteiger partial charge in [0.15, 0.2) is 0 Å². The lowest BCUT2D eigenvalue weighted by atomic mass is 10.2. The van der Waals surface area contributed by atoms with Gasteiger partial charge in [0.25, 0.3) is 0 Å². The Morgan fingerprint density at radius 1 is 1.48 bits per heavy atom. The SMILES string of the molecule is CCOC(=O)NC(=S)CN=c1ccccn1CC1=CC=C(Cl)CN=C1. The summed E-state index contributed by atoms with van der Waals surface area (Å²) in [5, 5.41) is 3.18. The van der Waals surface area contributed by atoms with Gasteiger partial charge in [-0.15, -0.1) is 0 Å². The molecule has 2 heterocycles. The van der Waals surface area contributed by atoms with Crippen molar-refractivity contribution in [1.82, 2.24) is 9.88 Å². The Balaban J connectivity index is 2.10. The summed E-state index contributed by atoms with van der Waals surface area (Å²) in [7, 11) is 0. The quantitative estimate of drug-likeness (QED) is 0.801. The smallest absolute Gasteiger partial charge is 0.412 e. The zero-order chi connectivity index (χ0) is 18.1. The first-order chi connectivity index (χ1) is 12.1. The lowest BCUT2D eigenvalue weighted by Gasteiger charge is -2.08. The number of pyridine rings is 1. The fourth-order valence-electron chi connectivity index (χ4n) is 2.05. The van der Waals surface area contributed by atoms with E-state index in [0.29, 0.717) is 29.7 Å². The molecule has 0 saturated heterocycles. The van der Waals surface area contributed by atoms with Crippen LogP contribution in [0.25, 0.3) is 0 Å². The monoisotopic (exact) mass is 378 g/mol. The third-order valence-electron chi connectivity index (χ3n) is 3.15. The van der Waals surface area contributed by atoms with Gasteiger partial charge >= 0.3 is 6.09 Å². The molecule has 8 heteroatoms. The van der Waals surface area contributed by atoms with Crippen LogP contribution in [0.2, 0.25) is 0 Å². The van der Waals surface area contributed by atoms with Gasteiger partial charge in [0, 0.05) is 17.4 Å². The highest BCUT2D eigenvalue weighted by Gasteiger charge is 2.04. The summed E-state index contributed by atoms with van der Waals surface area (Å²) in [6.45, 7) is 3.30. The van der Waals surface area contributed by atoms with Gasteiger partial charge in [0.1, 0.15) is 10.5 Å². The van der Waals surface area contributed by atoms with E-state index in [1.807, 2.05) is 47.3 Å². The molecule has 0 bridgehead atoms. The number of nitrogens with one attached hydrogen (secondary N) is 1. The molecule has 132 valence electrons. The Labute approximate surface area is 156 Å². The third-order valence-corrected chi connectivity index (χ3v) is 3.63. The molecular weight excluding hydrogens is 360 g/mol. The molecule has 0 unspecified atom stereocenters. The molecule has 0 atom stereocenters. The number of thiocarbonyl (C=S) groups is 1. The predicted octanol–water partition coefficient (Wildman–Crippen LogP) is 2.60. The van der Waals surface area contributed by atoms with Crippen LogP contribution < -0.4 is 10.8 Å². The number of rotatable bonds is 5. The van der Waals surface area contributed by atoms with Gasteiger partial charge in [-0.05, 0) is 30.7 Å². The zero-order valence-electron chi connectivity index (χ0n) is 13.8. The van der Waals surface area contributed by atoms with Crippen molar-refractivity contribution in [2.75, 3.05) is 19.7 Å². The van der Waals surface area contributed by atoms with E-state index in [0.717, 1.165) is 11.1 Å². The number of aromatic nitrogens is 1. The molecule has 0 radical (unpaired) electrons. The van der Waals surface area contributed by atoms with Gasteiger partial charge in [-0.3, -0.25) is 15.3 Å². The van der Waals surface area contributed by atoms with Crippen LogP contribution in [0.4, 0.5) is 4.79 Å². The topological polar surface area (TPSA) is 68.0 Å². The molecule has 0 saturated carbocycles. The van der Waals surface area contributed by atoms with Crippen molar-refractivity contribution in [1.29, 1.82) is 0 Å². The number of ether oxygens (including phenoxy) is 1. The van der Waals surface area contributed by atoms with E-state index in [2.05, 4.69) is 15.3 Å². The second-order valence-electron chi connectivity index (χ2n) is 5.10. The Hall–Kier alpha value is -2.25. The molecule has 1 amide bonds. The highest BCUT2D eigenvalue weighted by atomic mass is 35.5. The van der Waals surface area contributed by atoms with Crippen molar-refractivity contribution in [3.8, 4) is 0 Å². The van der Waals surface area contributed by atoms with E-state index in [9.17, 15) is 4.79 Å². The summed E-state index contributed by atoms with van der Waals surface area (Å²) in [6, 6.07) is 5.69. The van der Waals surface area contributed by atoms with Crippen molar-refractivity contribution in [2.45, 2.75) is 13.5 Å².